The molecule has 4 rings (SSSR count). The van der Waals surface area contributed by atoms with E-state index < -0.39 is 23.5 Å². The number of carbonyl (C=O) groups is 1. The Kier molecular flexibility index (Phi) is 4.75. The molecule has 1 aromatic heterocycles. The highest BCUT2D eigenvalue weighted by molar-refractivity contribution is 5.77. The molecular weight excluding hydrogens is 390 g/mol. The van der Waals surface area contributed by atoms with Crippen LogP contribution in [0.15, 0.2) is 24.5 Å². The lowest BCUT2D eigenvalue weighted by molar-refractivity contribution is -0.140. The molecule has 0 N–H and O–H groups in total. The van der Waals surface area contributed by atoms with E-state index in [1.165, 1.54) is 6.33 Å². The van der Waals surface area contributed by atoms with Crippen molar-refractivity contribution < 1.29 is 18.3 Å². The number of rotatable bonds is 3. The van der Waals surface area contributed by atoms with Crippen molar-refractivity contribution in [1.82, 2.24) is 14.5 Å². The number of fused-ring (bicyclic) bond motifs is 1. The maximum Gasteiger partial charge on any atom is 0.410 e. The SMILES string of the molecule is CC(C)(C)CN1C[C@@]2(CCC(F)(F)[C@H](Cn3cnc4ccc(C#N)cc43)C2)OC1=O. The van der Waals surface area contributed by atoms with Crippen molar-refractivity contribution in [3.8, 4) is 6.07 Å². The summed E-state index contributed by atoms with van der Waals surface area (Å²) in [6.07, 6.45) is 1.07. The zero-order valence-corrected chi connectivity index (χ0v) is 17.5. The van der Waals surface area contributed by atoms with E-state index >= 15 is 0 Å². The van der Waals surface area contributed by atoms with Gasteiger partial charge in [0, 0.05) is 25.4 Å². The van der Waals surface area contributed by atoms with E-state index in [1.807, 2.05) is 20.8 Å². The number of aromatic nitrogens is 2. The molecule has 2 atom stereocenters. The van der Waals surface area contributed by atoms with Gasteiger partial charge in [0.25, 0.3) is 5.92 Å². The van der Waals surface area contributed by atoms with Gasteiger partial charge in [0.2, 0.25) is 0 Å². The fourth-order valence-electron chi connectivity index (χ4n) is 4.63. The Balaban J connectivity index is 1.58. The van der Waals surface area contributed by atoms with Gasteiger partial charge in [-0.1, -0.05) is 20.8 Å². The van der Waals surface area contributed by atoms with Gasteiger partial charge in [-0.05, 0) is 36.5 Å². The van der Waals surface area contributed by atoms with Crippen LogP contribution >= 0.6 is 0 Å². The zero-order valence-electron chi connectivity index (χ0n) is 17.5. The Morgan fingerprint density at radius 3 is 2.80 bits per heavy atom. The Morgan fingerprint density at radius 2 is 2.10 bits per heavy atom. The van der Waals surface area contributed by atoms with Crippen LogP contribution in [0, 0.1) is 22.7 Å². The van der Waals surface area contributed by atoms with Crippen LogP contribution in [0.5, 0.6) is 0 Å². The smallest absolute Gasteiger partial charge is 0.410 e. The number of imidazole rings is 1. The molecule has 2 heterocycles. The van der Waals surface area contributed by atoms with Crippen molar-refractivity contribution in [1.29, 1.82) is 5.26 Å². The van der Waals surface area contributed by atoms with E-state index in [2.05, 4.69) is 11.1 Å². The van der Waals surface area contributed by atoms with Crippen molar-refractivity contribution >= 4 is 17.1 Å². The summed E-state index contributed by atoms with van der Waals surface area (Å²) in [6.45, 7) is 7.02. The van der Waals surface area contributed by atoms with Crippen molar-refractivity contribution in [2.75, 3.05) is 13.1 Å². The molecule has 2 aromatic rings. The predicted molar refractivity (Wildman–Crippen MR) is 107 cm³/mol. The summed E-state index contributed by atoms with van der Waals surface area (Å²) in [4.78, 5) is 18.3. The molecule has 1 saturated heterocycles. The highest BCUT2D eigenvalue weighted by atomic mass is 19.3. The summed E-state index contributed by atoms with van der Waals surface area (Å²) in [5.41, 5.74) is 0.798. The lowest BCUT2D eigenvalue weighted by Gasteiger charge is -2.41. The van der Waals surface area contributed by atoms with Crippen LogP contribution in [0.4, 0.5) is 13.6 Å². The van der Waals surface area contributed by atoms with Crippen LogP contribution in [0.3, 0.4) is 0 Å². The molecular formula is C22H26F2N4O2. The van der Waals surface area contributed by atoms with Crippen LogP contribution in [0.25, 0.3) is 11.0 Å². The molecule has 1 amide bonds. The highest BCUT2D eigenvalue weighted by Crippen LogP contribution is 2.48. The summed E-state index contributed by atoms with van der Waals surface area (Å²) in [6, 6.07) is 7.11. The molecule has 1 aromatic carbocycles. The topological polar surface area (TPSA) is 71.2 Å². The van der Waals surface area contributed by atoms with Crippen molar-refractivity contribution in [3.63, 3.8) is 0 Å². The summed E-state index contributed by atoms with van der Waals surface area (Å²) < 4.78 is 37.1. The molecule has 6 nitrogen and oxygen atoms in total. The number of halogens is 2. The molecule has 0 bridgehead atoms. The number of carbonyl (C=O) groups excluding carboxylic acids is 1. The second kappa shape index (κ2) is 6.93. The zero-order chi connectivity index (χ0) is 21.7. The first-order chi connectivity index (χ1) is 14.0. The minimum Gasteiger partial charge on any atom is -0.441 e. The van der Waals surface area contributed by atoms with Crippen molar-refractivity contribution in [2.45, 2.75) is 58.1 Å². The molecule has 0 radical (unpaired) electrons. The van der Waals surface area contributed by atoms with Gasteiger partial charge >= 0.3 is 6.09 Å². The number of nitrogens with zero attached hydrogens (tertiary/aromatic N) is 4. The van der Waals surface area contributed by atoms with Gasteiger partial charge in [-0.2, -0.15) is 5.26 Å². The van der Waals surface area contributed by atoms with E-state index in [4.69, 9.17) is 10.00 Å². The summed E-state index contributed by atoms with van der Waals surface area (Å²) >= 11 is 0. The van der Waals surface area contributed by atoms with Crippen LogP contribution in [0.2, 0.25) is 0 Å². The van der Waals surface area contributed by atoms with E-state index in [9.17, 15) is 13.6 Å². The average Bonchev–Trinajstić information content (AvgIpc) is 3.18. The first kappa shape index (κ1) is 20.6. The van der Waals surface area contributed by atoms with Crippen LogP contribution < -0.4 is 0 Å². The van der Waals surface area contributed by atoms with Gasteiger partial charge in [-0.3, -0.25) is 0 Å². The van der Waals surface area contributed by atoms with Gasteiger partial charge < -0.3 is 14.2 Å². The molecule has 0 unspecified atom stereocenters. The molecule has 1 spiro atoms. The minimum absolute atomic E-state index is 0.0525. The standard InChI is InChI=1S/C22H26F2N4O2/c1-20(2,3)12-28-13-21(30-19(28)29)6-7-22(23,24)16(9-21)11-27-14-26-17-5-4-15(10-25)8-18(17)27/h4-5,8,14,16H,6-7,9,11-13H2,1-3H3/t16-,21-/m0/s1. The first-order valence-electron chi connectivity index (χ1n) is 10.2. The number of alkyl halides is 2. The molecule has 2 fully saturated rings. The van der Waals surface area contributed by atoms with E-state index in [0.717, 1.165) is 0 Å². The summed E-state index contributed by atoms with van der Waals surface area (Å²) in [7, 11) is 0. The Hall–Kier alpha value is -2.69. The maximum atomic E-state index is 14.9. The fourth-order valence-corrected chi connectivity index (χ4v) is 4.63. The first-order valence-corrected chi connectivity index (χ1v) is 10.2. The Morgan fingerprint density at radius 1 is 1.33 bits per heavy atom. The van der Waals surface area contributed by atoms with Gasteiger partial charge in [-0.15, -0.1) is 0 Å². The second-order valence-corrected chi connectivity index (χ2v) is 9.84. The lowest BCUT2D eigenvalue weighted by atomic mass is 9.75. The number of hydrogen-bond donors (Lipinski definition) is 0. The molecule has 1 aliphatic carbocycles. The second-order valence-electron chi connectivity index (χ2n) is 9.84. The summed E-state index contributed by atoms with van der Waals surface area (Å²) in [5, 5.41) is 9.15. The van der Waals surface area contributed by atoms with Gasteiger partial charge in [0.05, 0.1) is 35.5 Å². The molecule has 1 saturated carbocycles. The van der Waals surface area contributed by atoms with E-state index in [1.54, 1.807) is 27.7 Å². The van der Waals surface area contributed by atoms with Gasteiger partial charge in [-0.25, -0.2) is 18.6 Å². The lowest BCUT2D eigenvalue weighted by Crippen LogP contribution is -2.49. The third kappa shape index (κ3) is 3.85. The largest absolute Gasteiger partial charge is 0.441 e. The number of nitriles is 1. The third-order valence-electron chi connectivity index (χ3n) is 6.00. The van der Waals surface area contributed by atoms with Crippen LogP contribution in [0.1, 0.15) is 45.6 Å². The third-order valence-corrected chi connectivity index (χ3v) is 6.00. The number of amides is 1. The Bertz CT molecular complexity index is 1020. The van der Waals surface area contributed by atoms with Gasteiger partial charge in [0.1, 0.15) is 5.60 Å². The normalized spacial score (nSPS) is 26.2. The molecule has 160 valence electrons. The predicted octanol–water partition coefficient (Wildman–Crippen LogP) is 4.58. The molecule has 8 heteroatoms. The molecule has 30 heavy (non-hydrogen) atoms. The molecule has 1 aliphatic heterocycles. The van der Waals surface area contributed by atoms with E-state index in [0.29, 0.717) is 29.7 Å². The number of hydrogen-bond acceptors (Lipinski definition) is 4. The minimum atomic E-state index is -2.86. The maximum absolute atomic E-state index is 14.9. The van der Waals surface area contributed by atoms with Gasteiger partial charge in [0.15, 0.2) is 0 Å². The highest BCUT2D eigenvalue weighted by Gasteiger charge is 2.56. The van der Waals surface area contributed by atoms with Crippen molar-refractivity contribution in [2.24, 2.45) is 11.3 Å². The average molecular weight is 416 g/mol. The van der Waals surface area contributed by atoms with Crippen molar-refractivity contribution in [3.05, 3.63) is 30.1 Å². The number of ether oxygens (including phenoxy) is 1. The number of benzene rings is 1. The Labute approximate surface area is 174 Å². The molecule has 2 aliphatic rings. The van der Waals surface area contributed by atoms with Crippen LogP contribution in [-0.2, 0) is 11.3 Å². The quantitative estimate of drug-likeness (QED) is 0.734. The van der Waals surface area contributed by atoms with E-state index in [-0.39, 0.29) is 31.2 Å². The fraction of sp³-hybridized carbons (Fsp3) is 0.591. The monoisotopic (exact) mass is 416 g/mol. The van der Waals surface area contributed by atoms with Crippen LogP contribution in [-0.4, -0.2) is 45.2 Å². The summed E-state index contributed by atoms with van der Waals surface area (Å²) in [5.74, 6) is -3.85.